The molecule has 0 radical (unpaired) electrons. The molecule has 0 aliphatic rings. The van der Waals surface area contributed by atoms with Crippen LogP contribution in [0.5, 0.6) is 0 Å². The molecule has 0 unspecified atom stereocenters. The Morgan fingerprint density at radius 3 is 1.62 bits per heavy atom. The van der Waals surface area contributed by atoms with E-state index in [1.165, 1.54) is 27.3 Å². The summed E-state index contributed by atoms with van der Waals surface area (Å²) in [6, 6.07) is 73.0. The van der Waals surface area contributed by atoms with Crippen LogP contribution < -0.4 is 0 Å². The molecule has 13 aromatic rings. The van der Waals surface area contributed by atoms with Crippen molar-refractivity contribution < 1.29 is 4.42 Å². The van der Waals surface area contributed by atoms with Crippen molar-refractivity contribution >= 4 is 76.5 Å². The molecule has 0 bridgehead atoms. The highest BCUT2D eigenvalue weighted by Crippen LogP contribution is 2.46. The third-order valence-corrected chi connectivity index (χ3v) is 12.3. The highest BCUT2D eigenvalue weighted by Gasteiger charge is 2.24. The maximum atomic E-state index is 6.85. The number of rotatable bonds is 5. The first-order valence-electron chi connectivity index (χ1n) is 20.7. The van der Waals surface area contributed by atoms with Gasteiger partial charge in [-0.2, -0.15) is 0 Å². The second-order valence-corrected chi connectivity index (χ2v) is 15.7. The van der Waals surface area contributed by atoms with Crippen molar-refractivity contribution in [2.24, 2.45) is 0 Å². The molecule has 9 aromatic carbocycles. The first-order valence-corrected chi connectivity index (χ1v) is 20.7. The number of para-hydroxylation sites is 3. The van der Waals surface area contributed by atoms with E-state index in [1.807, 2.05) is 24.3 Å². The van der Waals surface area contributed by atoms with E-state index in [0.29, 0.717) is 5.82 Å². The molecule has 5 heteroatoms. The van der Waals surface area contributed by atoms with E-state index in [-0.39, 0.29) is 0 Å². The predicted molar refractivity (Wildman–Crippen MR) is 252 cm³/mol. The summed E-state index contributed by atoms with van der Waals surface area (Å²) in [4.78, 5) is 10.2. The average Bonchev–Trinajstić information content (AvgIpc) is 3.99. The molecule has 0 saturated carbocycles. The Kier molecular flexibility index (Phi) is 7.24. The highest BCUT2D eigenvalue weighted by molar-refractivity contribution is 6.34. The van der Waals surface area contributed by atoms with Crippen LogP contribution in [0.2, 0.25) is 0 Å². The van der Waals surface area contributed by atoms with Crippen LogP contribution in [-0.2, 0) is 0 Å². The molecule has 5 nitrogen and oxygen atoms in total. The number of furan rings is 1. The van der Waals surface area contributed by atoms with E-state index in [0.717, 1.165) is 88.5 Å². The van der Waals surface area contributed by atoms with Gasteiger partial charge in [-0.3, -0.25) is 0 Å². The third-order valence-electron chi connectivity index (χ3n) is 12.3. The van der Waals surface area contributed by atoms with Crippen LogP contribution in [0.3, 0.4) is 0 Å². The molecule has 4 aromatic heterocycles. The van der Waals surface area contributed by atoms with Crippen LogP contribution in [0, 0.1) is 0 Å². The number of nitrogens with zero attached hydrogens (tertiary/aromatic N) is 4. The van der Waals surface area contributed by atoms with Gasteiger partial charge in [-0.15, -0.1) is 0 Å². The smallest absolute Gasteiger partial charge is 0.160 e. The lowest BCUT2D eigenvalue weighted by molar-refractivity contribution is 0.673. The van der Waals surface area contributed by atoms with Crippen molar-refractivity contribution in [3.05, 3.63) is 206 Å². The van der Waals surface area contributed by atoms with Gasteiger partial charge in [0, 0.05) is 54.8 Å². The van der Waals surface area contributed by atoms with E-state index in [9.17, 15) is 0 Å². The Hall–Kier alpha value is -8.28. The van der Waals surface area contributed by atoms with Crippen LogP contribution in [-0.4, -0.2) is 19.1 Å². The second-order valence-electron chi connectivity index (χ2n) is 15.7. The number of hydrogen-bond acceptors (Lipinski definition) is 3. The van der Waals surface area contributed by atoms with Crippen LogP contribution in [0.1, 0.15) is 0 Å². The summed E-state index contributed by atoms with van der Waals surface area (Å²) < 4.78 is 11.6. The number of hydrogen-bond donors (Lipinski definition) is 0. The lowest BCUT2D eigenvalue weighted by Gasteiger charge is -2.12. The van der Waals surface area contributed by atoms with Crippen molar-refractivity contribution in [2.45, 2.75) is 0 Å². The lowest BCUT2D eigenvalue weighted by Crippen LogP contribution is -1.97. The SMILES string of the molecule is c1ccc(-c2ccc(-n3c4ccccc4c4c5c6c7oc8ccccc8c7ccc6n(-c6ccc(-c7nc(-c8ccccc8)c8ccccc8n7)cc6)c5ccc43)cc2)cc1. The van der Waals surface area contributed by atoms with Crippen molar-refractivity contribution in [1.29, 1.82) is 0 Å². The topological polar surface area (TPSA) is 48.8 Å². The molecule has 284 valence electrons. The average molecular weight is 779 g/mol. The van der Waals surface area contributed by atoms with Gasteiger partial charge < -0.3 is 13.6 Å². The predicted octanol–water partition coefficient (Wildman–Crippen LogP) is 14.7. The third kappa shape index (κ3) is 5.08. The van der Waals surface area contributed by atoms with Gasteiger partial charge in [0.15, 0.2) is 5.82 Å². The van der Waals surface area contributed by atoms with Crippen LogP contribution in [0.25, 0.3) is 122 Å². The van der Waals surface area contributed by atoms with E-state index in [1.54, 1.807) is 0 Å². The van der Waals surface area contributed by atoms with E-state index < -0.39 is 0 Å². The van der Waals surface area contributed by atoms with Gasteiger partial charge in [-0.25, -0.2) is 9.97 Å². The summed E-state index contributed by atoms with van der Waals surface area (Å²) in [6.45, 7) is 0. The molecule has 0 amide bonds. The largest absolute Gasteiger partial charge is 0.455 e. The summed E-state index contributed by atoms with van der Waals surface area (Å²) in [6.07, 6.45) is 0. The van der Waals surface area contributed by atoms with Gasteiger partial charge in [-0.05, 0) is 90.0 Å². The quantitative estimate of drug-likeness (QED) is 0.175. The summed E-state index contributed by atoms with van der Waals surface area (Å²) in [5.74, 6) is 0.696. The number of aromatic nitrogens is 4. The molecule has 61 heavy (non-hydrogen) atoms. The fourth-order valence-corrected chi connectivity index (χ4v) is 9.60. The Morgan fingerprint density at radius 2 is 0.869 bits per heavy atom. The zero-order valence-electron chi connectivity index (χ0n) is 32.8. The molecule has 0 N–H and O–H groups in total. The Bertz CT molecular complexity index is 3840. The van der Waals surface area contributed by atoms with Crippen molar-refractivity contribution in [2.75, 3.05) is 0 Å². The Labute approximate surface area is 350 Å². The second kappa shape index (κ2) is 13.1. The maximum Gasteiger partial charge on any atom is 0.160 e. The summed E-state index contributed by atoms with van der Waals surface area (Å²) in [7, 11) is 0. The molecule has 13 rings (SSSR count). The molecule has 0 aliphatic heterocycles. The monoisotopic (exact) mass is 778 g/mol. The fourth-order valence-electron chi connectivity index (χ4n) is 9.60. The standard InChI is InChI=1S/C56H34N4O/c1-3-13-35(14-4-1)36-23-27-39(28-24-36)59-46-21-11-8-19-44(46)51-47(59)33-34-48-52(51)53-49(32-31-42-41-17-9-12-22-50(41)61-55(42)53)60(48)40-29-25-38(26-30-40)56-57-45-20-10-7-18-43(45)54(58-56)37-15-5-2-6-16-37/h1-34H. The first kappa shape index (κ1) is 33.7. The molecule has 0 atom stereocenters. The molecular formula is C56H34N4O. The minimum Gasteiger partial charge on any atom is -0.455 e. The molecule has 0 spiro atoms. The minimum absolute atomic E-state index is 0.696. The van der Waals surface area contributed by atoms with Gasteiger partial charge in [0.25, 0.3) is 0 Å². The zero-order chi connectivity index (χ0) is 40.0. The molecule has 4 heterocycles. The minimum atomic E-state index is 0.696. The van der Waals surface area contributed by atoms with Gasteiger partial charge >= 0.3 is 0 Å². The van der Waals surface area contributed by atoms with Crippen LogP contribution >= 0.6 is 0 Å². The zero-order valence-corrected chi connectivity index (χ0v) is 32.8. The summed E-state index contributed by atoms with van der Waals surface area (Å²) in [5.41, 5.74) is 14.7. The summed E-state index contributed by atoms with van der Waals surface area (Å²) >= 11 is 0. The first-order chi connectivity index (χ1) is 30.3. The van der Waals surface area contributed by atoms with Gasteiger partial charge in [0.1, 0.15) is 11.2 Å². The van der Waals surface area contributed by atoms with E-state index in [4.69, 9.17) is 14.4 Å². The summed E-state index contributed by atoms with van der Waals surface area (Å²) in [5, 5.41) is 7.93. The Morgan fingerprint density at radius 1 is 0.328 bits per heavy atom. The van der Waals surface area contributed by atoms with Gasteiger partial charge in [-0.1, -0.05) is 127 Å². The molecule has 0 fully saturated rings. The molecule has 0 saturated heterocycles. The number of benzene rings is 9. The van der Waals surface area contributed by atoms with Gasteiger partial charge in [0.05, 0.1) is 38.7 Å². The maximum absolute atomic E-state index is 6.85. The normalized spacial score (nSPS) is 11.9. The van der Waals surface area contributed by atoms with Crippen molar-refractivity contribution in [3.8, 4) is 45.1 Å². The van der Waals surface area contributed by atoms with Crippen molar-refractivity contribution in [1.82, 2.24) is 19.1 Å². The Balaban J connectivity index is 1.05. The fraction of sp³-hybridized carbons (Fsp3) is 0. The molecule has 0 aliphatic carbocycles. The van der Waals surface area contributed by atoms with Gasteiger partial charge in [0.2, 0.25) is 0 Å². The van der Waals surface area contributed by atoms with Crippen LogP contribution in [0.4, 0.5) is 0 Å². The van der Waals surface area contributed by atoms with Crippen molar-refractivity contribution in [3.63, 3.8) is 0 Å². The highest BCUT2D eigenvalue weighted by atomic mass is 16.3. The number of fused-ring (bicyclic) bond motifs is 12. The molecular weight excluding hydrogens is 745 g/mol. The van der Waals surface area contributed by atoms with Crippen LogP contribution in [0.15, 0.2) is 211 Å². The lowest BCUT2D eigenvalue weighted by atomic mass is 10.0. The van der Waals surface area contributed by atoms with E-state index >= 15 is 0 Å². The van der Waals surface area contributed by atoms with E-state index in [2.05, 4.69) is 191 Å².